The molecule has 0 bridgehead atoms. The quantitative estimate of drug-likeness (QED) is 0.780. The van der Waals surface area contributed by atoms with Gasteiger partial charge in [-0.25, -0.2) is 9.59 Å². The zero-order valence-corrected chi connectivity index (χ0v) is 17.0. The van der Waals surface area contributed by atoms with E-state index in [0.717, 1.165) is 16.7 Å². The second-order valence-electron chi connectivity index (χ2n) is 7.27. The summed E-state index contributed by atoms with van der Waals surface area (Å²) in [6, 6.07) is 15.1. The highest BCUT2D eigenvalue weighted by Crippen LogP contribution is 2.43. The van der Waals surface area contributed by atoms with E-state index < -0.39 is 24.1 Å². The molecule has 0 aromatic heterocycles. The Morgan fingerprint density at radius 2 is 1.87 bits per heavy atom. The number of carbonyl (C=O) groups is 3. The Labute approximate surface area is 178 Å². The van der Waals surface area contributed by atoms with Crippen LogP contribution in [0, 0.1) is 0 Å². The van der Waals surface area contributed by atoms with Crippen LogP contribution < -0.4 is 5.32 Å². The highest BCUT2D eigenvalue weighted by molar-refractivity contribution is 7.99. The molecule has 2 heterocycles. The lowest BCUT2D eigenvalue weighted by Gasteiger charge is -2.40. The summed E-state index contributed by atoms with van der Waals surface area (Å²) in [5.74, 6) is -0.823. The SMILES string of the molecule is O=C(N[C@H]1CCS[C@H]2c3ccccc3C[C@@H](C(=O)O)N2C1=O)OCc1ccccc1. The normalized spacial score (nSPS) is 23.0. The minimum Gasteiger partial charge on any atom is -0.480 e. The molecule has 1 fully saturated rings. The number of aliphatic carboxylic acids is 1. The molecule has 8 heteroatoms. The Balaban J connectivity index is 1.50. The van der Waals surface area contributed by atoms with Crippen molar-refractivity contribution in [2.45, 2.75) is 36.9 Å². The topological polar surface area (TPSA) is 95.9 Å². The molecule has 0 spiro atoms. The molecule has 2 aromatic rings. The van der Waals surface area contributed by atoms with Crippen molar-refractivity contribution in [2.24, 2.45) is 0 Å². The number of nitrogens with zero attached hydrogens (tertiary/aromatic N) is 1. The van der Waals surface area contributed by atoms with E-state index in [1.807, 2.05) is 54.6 Å². The molecule has 0 saturated carbocycles. The van der Waals surface area contributed by atoms with Gasteiger partial charge in [0.2, 0.25) is 5.91 Å². The van der Waals surface area contributed by atoms with E-state index in [-0.39, 0.29) is 24.3 Å². The largest absolute Gasteiger partial charge is 0.480 e. The van der Waals surface area contributed by atoms with Crippen molar-refractivity contribution in [3.8, 4) is 0 Å². The van der Waals surface area contributed by atoms with Gasteiger partial charge in [0.05, 0.1) is 0 Å². The van der Waals surface area contributed by atoms with Gasteiger partial charge in [0.25, 0.3) is 0 Å². The van der Waals surface area contributed by atoms with E-state index in [2.05, 4.69) is 5.32 Å². The Hall–Kier alpha value is -3.00. The van der Waals surface area contributed by atoms with Gasteiger partial charge in [0, 0.05) is 6.42 Å². The zero-order valence-electron chi connectivity index (χ0n) is 16.2. The molecule has 4 rings (SSSR count). The lowest BCUT2D eigenvalue weighted by molar-refractivity contribution is -0.152. The first-order valence-corrected chi connectivity index (χ1v) is 10.8. The van der Waals surface area contributed by atoms with Gasteiger partial charge >= 0.3 is 12.1 Å². The fourth-order valence-corrected chi connectivity index (χ4v) is 5.28. The number of benzene rings is 2. The lowest BCUT2D eigenvalue weighted by atomic mass is 9.93. The van der Waals surface area contributed by atoms with Crippen LogP contribution in [-0.4, -0.2) is 45.8 Å². The first-order chi connectivity index (χ1) is 14.5. The van der Waals surface area contributed by atoms with Crippen LogP contribution in [0.2, 0.25) is 0 Å². The maximum Gasteiger partial charge on any atom is 0.408 e. The summed E-state index contributed by atoms with van der Waals surface area (Å²) < 4.78 is 5.24. The number of hydrogen-bond donors (Lipinski definition) is 2. The van der Waals surface area contributed by atoms with Gasteiger partial charge < -0.3 is 20.1 Å². The highest BCUT2D eigenvalue weighted by atomic mass is 32.2. The van der Waals surface area contributed by atoms with Crippen LogP contribution in [0.3, 0.4) is 0 Å². The number of amides is 2. The number of carboxylic acid groups (broad SMARTS) is 1. The monoisotopic (exact) mass is 426 g/mol. The Kier molecular flexibility index (Phi) is 5.94. The Morgan fingerprint density at radius 3 is 2.63 bits per heavy atom. The summed E-state index contributed by atoms with van der Waals surface area (Å²) in [6.07, 6.45) is -0.0322. The molecule has 2 aliphatic rings. The van der Waals surface area contributed by atoms with Crippen LogP contribution in [-0.2, 0) is 27.4 Å². The molecule has 0 aliphatic carbocycles. The fraction of sp³-hybridized carbons (Fsp3) is 0.318. The average Bonchev–Trinajstić information content (AvgIpc) is 2.92. The minimum atomic E-state index is -1.05. The molecule has 7 nitrogen and oxygen atoms in total. The van der Waals surface area contributed by atoms with Crippen LogP contribution in [0.4, 0.5) is 4.79 Å². The first-order valence-electron chi connectivity index (χ1n) is 9.76. The van der Waals surface area contributed by atoms with Gasteiger partial charge in [-0.2, -0.15) is 0 Å². The third-order valence-electron chi connectivity index (χ3n) is 5.35. The highest BCUT2D eigenvalue weighted by Gasteiger charge is 2.45. The van der Waals surface area contributed by atoms with Crippen molar-refractivity contribution in [1.29, 1.82) is 0 Å². The van der Waals surface area contributed by atoms with Crippen molar-refractivity contribution in [2.75, 3.05) is 5.75 Å². The summed E-state index contributed by atoms with van der Waals surface area (Å²) in [5, 5.41) is 12.0. The third-order valence-corrected chi connectivity index (χ3v) is 6.62. The summed E-state index contributed by atoms with van der Waals surface area (Å²) in [6.45, 7) is 0.0970. The van der Waals surface area contributed by atoms with Gasteiger partial charge in [-0.05, 0) is 28.9 Å². The van der Waals surface area contributed by atoms with Gasteiger partial charge in [-0.15, -0.1) is 11.8 Å². The summed E-state index contributed by atoms with van der Waals surface area (Å²) >= 11 is 1.53. The Bertz CT molecular complexity index is 952. The maximum absolute atomic E-state index is 13.3. The van der Waals surface area contributed by atoms with E-state index >= 15 is 0 Å². The standard InChI is InChI=1S/C22H22N2O5S/c25-19-17(23-22(28)29-13-14-6-2-1-3-7-14)10-11-30-20-16-9-5-4-8-15(16)12-18(21(26)27)24(19)20/h1-9,17-18,20H,10-13H2,(H,23,28)(H,26,27)/t17-,18-,20-/m0/s1. The number of thioether (sulfide) groups is 1. The van der Waals surface area contributed by atoms with Gasteiger partial charge in [-0.3, -0.25) is 4.79 Å². The molecule has 30 heavy (non-hydrogen) atoms. The summed E-state index contributed by atoms with van der Waals surface area (Å²) in [5.41, 5.74) is 2.75. The molecule has 2 amide bonds. The first kappa shape index (κ1) is 20.3. The fourth-order valence-electron chi connectivity index (χ4n) is 3.87. The summed E-state index contributed by atoms with van der Waals surface area (Å²) in [7, 11) is 0. The predicted molar refractivity (Wildman–Crippen MR) is 112 cm³/mol. The molecule has 0 unspecified atom stereocenters. The van der Waals surface area contributed by atoms with Crippen LogP contribution in [0.5, 0.6) is 0 Å². The minimum absolute atomic E-state index is 0.0970. The van der Waals surface area contributed by atoms with Crippen molar-refractivity contribution in [3.05, 3.63) is 71.3 Å². The van der Waals surface area contributed by atoms with E-state index in [4.69, 9.17) is 4.74 Å². The average molecular weight is 426 g/mol. The third kappa shape index (κ3) is 4.14. The van der Waals surface area contributed by atoms with Crippen LogP contribution in [0.15, 0.2) is 54.6 Å². The molecular formula is C22H22N2O5S. The van der Waals surface area contributed by atoms with E-state index in [0.29, 0.717) is 12.2 Å². The Morgan fingerprint density at radius 1 is 1.13 bits per heavy atom. The molecule has 3 atom stereocenters. The van der Waals surface area contributed by atoms with Crippen LogP contribution in [0.1, 0.15) is 28.5 Å². The molecular weight excluding hydrogens is 404 g/mol. The zero-order chi connectivity index (χ0) is 21.1. The molecule has 156 valence electrons. The molecule has 2 aliphatic heterocycles. The number of nitrogens with one attached hydrogen (secondary N) is 1. The van der Waals surface area contributed by atoms with Gasteiger partial charge in [0.15, 0.2) is 0 Å². The van der Waals surface area contributed by atoms with Crippen molar-refractivity contribution >= 4 is 29.7 Å². The van der Waals surface area contributed by atoms with Gasteiger partial charge in [-0.1, -0.05) is 54.6 Å². The molecule has 2 aromatic carbocycles. The predicted octanol–water partition coefficient (Wildman–Crippen LogP) is 2.96. The smallest absolute Gasteiger partial charge is 0.408 e. The van der Waals surface area contributed by atoms with E-state index in [1.54, 1.807) is 0 Å². The number of carbonyl (C=O) groups excluding carboxylic acids is 2. The number of carboxylic acids is 1. The summed E-state index contributed by atoms with van der Waals surface area (Å²) in [4.78, 5) is 39.0. The van der Waals surface area contributed by atoms with Crippen LogP contribution in [0.25, 0.3) is 0 Å². The number of fused-ring (bicyclic) bond motifs is 3. The number of rotatable bonds is 4. The van der Waals surface area contributed by atoms with Crippen molar-refractivity contribution in [3.63, 3.8) is 0 Å². The molecule has 1 saturated heterocycles. The van der Waals surface area contributed by atoms with Crippen molar-refractivity contribution < 1.29 is 24.2 Å². The van der Waals surface area contributed by atoms with Gasteiger partial charge in [0.1, 0.15) is 24.1 Å². The van der Waals surface area contributed by atoms with E-state index in [1.165, 1.54) is 16.7 Å². The second-order valence-corrected chi connectivity index (χ2v) is 8.46. The van der Waals surface area contributed by atoms with E-state index in [9.17, 15) is 19.5 Å². The van der Waals surface area contributed by atoms with Crippen molar-refractivity contribution in [1.82, 2.24) is 10.2 Å². The molecule has 2 N–H and O–H groups in total. The number of hydrogen-bond acceptors (Lipinski definition) is 5. The number of alkyl carbamates (subject to hydrolysis) is 1. The second kappa shape index (κ2) is 8.79. The molecule has 0 radical (unpaired) electrons. The maximum atomic E-state index is 13.3. The lowest BCUT2D eigenvalue weighted by Crippen LogP contribution is -2.55. The van der Waals surface area contributed by atoms with Crippen LogP contribution >= 0.6 is 11.8 Å². The number of ether oxygens (including phenoxy) is 1.